The number of aliphatic hydroxyl groups is 1. The molecule has 3 unspecified atom stereocenters. The summed E-state index contributed by atoms with van der Waals surface area (Å²) in [5, 5.41) is 21.6. The number of nitrogen functional groups attached to an aromatic ring is 1. The molecular weight excluding hydrogens is 621 g/mol. The van der Waals surface area contributed by atoms with Crippen LogP contribution < -0.4 is 11.4 Å². The molecule has 0 saturated carbocycles. The second-order valence-corrected chi connectivity index (χ2v) is 12.8. The van der Waals surface area contributed by atoms with E-state index in [-0.39, 0.29) is 30.1 Å². The zero-order chi connectivity index (χ0) is 30.8. The Labute approximate surface area is 229 Å². The summed E-state index contributed by atoms with van der Waals surface area (Å²) >= 11 is 0. The topological polar surface area (TPSA) is 303 Å². The largest absolute Gasteiger partial charge is 0.490 e. The average molecular weight is 646 g/mol. The van der Waals surface area contributed by atoms with E-state index in [0.717, 1.165) is 4.57 Å². The number of hydrogen-bond acceptors (Lipinski definition) is 14. The fourth-order valence-electron chi connectivity index (χ4n) is 3.65. The van der Waals surface area contributed by atoms with Crippen molar-refractivity contribution in [2.45, 2.75) is 44.5 Å². The minimum absolute atomic E-state index is 0.161. The minimum Gasteiger partial charge on any atom is -0.390 e. The Balaban J connectivity index is 1.67. The predicted octanol–water partition coefficient (Wildman–Crippen LogP) is 1.00. The van der Waals surface area contributed by atoms with Crippen molar-refractivity contribution in [1.29, 1.82) is 0 Å². The highest BCUT2D eigenvalue weighted by atomic mass is 31.3. The first kappa shape index (κ1) is 33.1. The number of nitrogens with two attached hydrogens (primary N) is 1. The Bertz CT molecular complexity index is 1480. The molecule has 1 aromatic carbocycles. The molecule has 1 saturated heterocycles. The molecule has 2 aromatic rings. The lowest BCUT2D eigenvalue weighted by atomic mass is 10.1. The van der Waals surface area contributed by atoms with Crippen LogP contribution in [0.5, 0.6) is 0 Å². The van der Waals surface area contributed by atoms with Crippen molar-refractivity contribution in [1.82, 2.24) is 9.55 Å². The van der Waals surface area contributed by atoms with Crippen molar-refractivity contribution < 1.29 is 65.9 Å². The molecule has 23 heteroatoms. The van der Waals surface area contributed by atoms with Gasteiger partial charge in [0, 0.05) is 24.2 Å². The molecule has 6 atom stereocenters. The fraction of sp³-hybridized carbons (Fsp3) is 0.444. The van der Waals surface area contributed by atoms with Crippen LogP contribution in [-0.4, -0.2) is 58.0 Å². The lowest BCUT2D eigenvalue weighted by Gasteiger charge is -2.20. The van der Waals surface area contributed by atoms with Gasteiger partial charge in [0.15, 0.2) is 0 Å². The minimum atomic E-state index is -5.75. The standard InChI is InChI=1S/C18H25N4O16P3/c1-10(12-4-2-3-5-13(12)22(25)26)34-8-11-7-21(18(24)20-17(11)19)16-6-14(23)15(36-16)9-35-40(30,31)38-41(32,33)37-39(27,28)29/h2-5,7,10,14-16,23H,6,8-9H2,1H3,(H,30,31)(H,32,33)(H2,19,20,24)(H2,27,28,29)/t10?,14-,15-,16-/m1/s1. The third-order valence-corrected chi connectivity index (χ3v) is 9.26. The van der Waals surface area contributed by atoms with E-state index in [9.17, 15) is 43.5 Å². The van der Waals surface area contributed by atoms with Gasteiger partial charge in [-0.1, -0.05) is 12.1 Å². The number of rotatable bonds is 13. The first-order valence-electron chi connectivity index (χ1n) is 11.2. The summed E-state index contributed by atoms with van der Waals surface area (Å²) in [6.45, 7) is 0.388. The molecule has 20 nitrogen and oxygen atoms in total. The first-order valence-corrected chi connectivity index (χ1v) is 15.7. The summed E-state index contributed by atoms with van der Waals surface area (Å²) in [5.74, 6) is -0.205. The van der Waals surface area contributed by atoms with E-state index in [1.54, 1.807) is 13.0 Å². The van der Waals surface area contributed by atoms with E-state index in [2.05, 4.69) is 18.1 Å². The zero-order valence-corrected chi connectivity index (χ0v) is 23.5. The number of para-hydroxylation sites is 1. The van der Waals surface area contributed by atoms with Gasteiger partial charge in [-0.25, -0.2) is 18.5 Å². The Hall–Kier alpha value is -2.41. The van der Waals surface area contributed by atoms with Gasteiger partial charge in [-0.05, 0) is 13.0 Å². The SMILES string of the molecule is CC(OCc1cn([C@H]2C[C@@H](O)[C@@H](COP(=O)(O)OP(=O)(O)OP(=O)(O)O)O2)c(=O)nc1N)c1ccccc1[N+](=O)[O-]. The molecule has 41 heavy (non-hydrogen) atoms. The normalized spacial score (nSPS) is 23.0. The molecule has 7 N–H and O–H groups in total. The van der Waals surface area contributed by atoms with Gasteiger partial charge in [0.05, 0.1) is 35.9 Å². The maximum Gasteiger partial charge on any atom is 0.490 e. The lowest BCUT2D eigenvalue weighted by molar-refractivity contribution is -0.386. The maximum atomic E-state index is 12.5. The van der Waals surface area contributed by atoms with Gasteiger partial charge in [-0.15, -0.1) is 0 Å². The molecule has 0 spiro atoms. The van der Waals surface area contributed by atoms with Crippen LogP contribution in [0.25, 0.3) is 0 Å². The number of phosphoric ester groups is 1. The smallest absolute Gasteiger partial charge is 0.390 e. The molecule has 2 heterocycles. The van der Waals surface area contributed by atoms with E-state index in [4.69, 9.17) is 25.0 Å². The van der Waals surface area contributed by atoms with Gasteiger partial charge < -0.3 is 39.9 Å². The van der Waals surface area contributed by atoms with E-state index < -0.39 is 65.2 Å². The molecule has 0 radical (unpaired) electrons. The average Bonchev–Trinajstić information content (AvgIpc) is 3.19. The summed E-state index contributed by atoms with van der Waals surface area (Å²) in [6.07, 6.45) is -3.81. The number of ether oxygens (including phenoxy) is 2. The number of aromatic nitrogens is 2. The second kappa shape index (κ2) is 12.8. The van der Waals surface area contributed by atoms with Crippen LogP contribution >= 0.6 is 23.5 Å². The molecule has 1 fully saturated rings. The Morgan fingerprint density at radius 2 is 1.85 bits per heavy atom. The van der Waals surface area contributed by atoms with E-state index in [0.29, 0.717) is 5.56 Å². The number of hydrogen-bond donors (Lipinski definition) is 6. The number of aliphatic hydroxyl groups excluding tert-OH is 1. The van der Waals surface area contributed by atoms with E-state index >= 15 is 0 Å². The van der Waals surface area contributed by atoms with Crippen molar-refractivity contribution in [3.8, 4) is 0 Å². The maximum absolute atomic E-state index is 12.5. The van der Waals surface area contributed by atoms with Crippen molar-refractivity contribution in [3.05, 3.63) is 62.2 Å². The molecule has 0 amide bonds. The van der Waals surface area contributed by atoms with Gasteiger partial charge >= 0.3 is 29.2 Å². The van der Waals surface area contributed by atoms with Crippen molar-refractivity contribution in [3.63, 3.8) is 0 Å². The van der Waals surface area contributed by atoms with Gasteiger partial charge in [-0.2, -0.15) is 13.6 Å². The highest BCUT2D eigenvalue weighted by Crippen LogP contribution is 2.66. The number of benzene rings is 1. The Morgan fingerprint density at radius 1 is 1.20 bits per heavy atom. The summed E-state index contributed by atoms with van der Waals surface area (Å²) in [7, 11) is -16.8. The highest BCUT2D eigenvalue weighted by molar-refractivity contribution is 7.66. The second-order valence-electron chi connectivity index (χ2n) is 8.43. The summed E-state index contributed by atoms with van der Waals surface area (Å²) in [6, 6.07) is 5.93. The quantitative estimate of drug-likeness (QED) is 0.100. The van der Waals surface area contributed by atoms with Gasteiger partial charge in [0.1, 0.15) is 18.1 Å². The molecule has 1 aromatic heterocycles. The van der Waals surface area contributed by atoms with Crippen molar-refractivity contribution in [2.75, 3.05) is 12.3 Å². The predicted molar refractivity (Wildman–Crippen MR) is 134 cm³/mol. The van der Waals surface area contributed by atoms with Crippen LogP contribution in [0.3, 0.4) is 0 Å². The summed E-state index contributed by atoms with van der Waals surface area (Å²) in [4.78, 5) is 62.8. The molecular formula is C18H25N4O16P3. The fourth-order valence-corrected chi connectivity index (χ4v) is 6.68. The molecule has 1 aliphatic heterocycles. The van der Waals surface area contributed by atoms with E-state index in [1.807, 2.05) is 0 Å². The van der Waals surface area contributed by atoms with Crippen LogP contribution in [0.1, 0.15) is 36.8 Å². The number of phosphoric acid groups is 3. The third-order valence-electron chi connectivity index (χ3n) is 5.45. The number of nitro groups is 1. The highest BCUT2D eigenvalue weighted by Gasteiger charge is 2.43. The lowest BCUT2D eigenvalue weighted by Crippen LogP contribution is -2.29. The van der Waals surface area contributed by atoms with Crippen LogP contribution in [0.15, 0.2) is 35.3 Å². The molecule has 0 bridgehead atoms. The van der Waals surface area contributed by atoms with Crippen LogP contribution in [0, 0.1) is 10.1 Å². The summed E-state index contributed by atoms with van der Waals surface area (Å²) in [5.41, 5.74) is 5.25. The summed E-state index contributed by atoms with van der Waals surface area (Å²) < 4.78 is 57.9. The Kier molecular flexibility index (Phi) is 10.4. The van der Waals surface area contributed by atoms with Crippen LogP contribution in [0.4, 0.5) is 11.5 Å². The number of nitro benzene ring substituents is 1. The van der Waals surface area contributed by atoms with Crippen molar-refractivity contribution >= 4 is 35.0 Å². The van der Waals surface area contributed by atoms with E-state index in [1.165, 1.54) is 24.4 Å². The molecule has 228 valence electrons. The van der Waals surface area contributed by atoms with Gasteiger partial charge in [-0.3, -0.25) is 19.2 Å². The Morgan fingerprint density at radius 3 is 2.49 bits per heavy atom. The third kappa shape index (κ3) is 9.29. The molecule has 1 aliphatic rings. The van der Waals surface area contributed by atoms with Gasteiger partial charge in [0.25, 0.3) is 5.69 Å². The van der Waals surface area contributed by atoms with Crippen molar-refractivity contribution in [2.24, 2.45) is 0 Å². The molecule has 0 aliphatic carbocycles. The zero-order valence-electron chi connectivity index (χ0n) is 20.8. The van der Waals surface area contributed by atoms with Crippen LogP contribution in [-0.2, 0) is 42.9 Å². The monoisotopic (exact) mass is 646 g/mol. The van der Waals surface area contributed by atoms with Gasteiger partial charge in [0.2, 0.25) is 0 Å². The first-order chi connectivity index (χ1) is 18.9. The number of anilines is 1. The van der Waals surface area contributed by atoms with Crippen LogP contribution in [0.2, 0.25) is 0 Å². The number of nitrogens with zero attached hydrogens (tertiary/aromatic N) is 3. The molecule has 3 rings (SSSR count).